The monoisotopic (exact) mass is 332 g/mol. The smallest absolute Gasteiger partial charge is 0.312 e. The maximum Gasteiger partial charge on any atom is 0.312 e. The number of hydrogen-bond acceptors (Lipinski definition) is 5. The van der Waals surface area contributed by atoms with Gasteiger partial charge in [-0.25, -0.2) is 4.68 Å². The highest BCUT2D eigenvalue weighted by Crippen LogP contribution is 2.21. The molecule has 0 bridgehead atoms. The quantitative estimate of drug-likeness (QED) is 0.725. The highest BCUT2D eigenvalue weighted by atomic mass is 16.5. The van der Waals surface area contributed by atoms with E-state index in [-0.39, 0.29) is 24.4 Å². The number of anilines is 1. The van der Waals surface area contributed by atoms with E-state index >= 15 is 0 Å². The molecule has 25 heavy (non-hydrogen) atoms. The van der Waals surface area contributed by atoms with E-state index in [9.17, 15) is 10.1 Å². The Kier molecular flexibility index (Phi) is 4.77. The van der Waals surface area contributed by atoms with Gasteiger partial charge in [-0.2, -0.15) is 10.4 Å². The van der Waals surface area contributed by atoms with Gasteiger partial charge in [0.15, 0.2) is 0 Å². The molecule has 0 unspecified atom stereocenters. The second-order valence-electron chi connectivity index (χ2n) is 5.39. The fourth-order valence-electron chi connectivity index (χ4n) is 2.42. The first-order valence-electron chi connectivity index (χ1n) is 7.71. The molecule has 0 saturated heterocycles. The average molecular weight is 332 g/mol. The summed E-state index contributed by atoms with van der Waals surface area (Å²) in [5.74, 6) is -0.252. The standard InChI is InChI=1S/C19H16N4O2/c20-12-16-17(11-18(24)25-13-14-7-3-1-4-8-14)22-23(19(16)21)15-9-5-2-6-10-15/h1-10H,11,13,21H2. The largest absolute Gasteiger partial charge is 0.461 e. The summed E-state index contributed by atoms with van der Waals surface area (Å²) in [6.07, 6.45) is -0.111. The third-order valence-electron chi connectivity index (χ3n) is 3.66. The Balaban J connectivity index is 1.76. The molecule has 3 rings (SSSR count). The highest BCUT2D eigenvalue weighted by Gasteiger charge is 2.19. The van der Waals surface area contributed by atoms with Crippen LogP contribution in [0, 0.1) is 11.3 Å². The minimum absolute atomic E-state index is 0.111. The number of esters is 1. The van der Waals surface area contributed by atoms with Crippen molar-refractivity contribution in [2.24, 2.45) is 0 Å². The van der Waals surface area contributed by atoms with Gasteiger partial charge in [0.1, 0.15) is 24.1 Å². The van der Waals surface area contributed by atoms with Crippen LogP contribution in [0.2, 0.25) is 0 Å². The van der Waals surface area contributed by atoms with Crippen LogP contribution in [-0.2, 0) is 22.6 Å². The third kappa shape index (κ3) is 3.67. The minimum Gasteiger partial charge on any atom is -0.461 e. The lowest BCUT2D eigenvalue weighted by molar-refractivity contribution is -0.144. The number of carbonyl (C=O) groups is 1. The zero-order chi connectivity index (χ0) is 17.6. The summed E-state index contributed by atoms with van der Waals surface area (Å²) in [6, 6.07) is 20.6. The van der Waals surface area contributed by atoms with Crippen molar-refractivity contribution >= 4 is 11.8 Å². The van der Waals surface area contributed by atoms with Gasteiger partial charge in [-0.15, -0.1) is 0 Å². The SMILES string of the molecule is N#Cc1c(CC(=O)OCc2ccccc2)nn(-c2ccccc2)c1N. The predicted molar refractivity (Wildman–Crippen MR) is 92.6 cm³/mol. The van der Waals surface area contributed by atoms with Gasteiger partial charge >= 0.3 is 5.97 Å². The molecule has 3 aromatic rings. The fourth-order valence-corrected chi connectivity index (χ4v) is 2.42. The Morgan fingerprint density at radius 2 is 1.76 bits per heavy atom. The van der Waals surface area contributed by atoms with E-state index < -0.39 is 5.97 Å². The first-order chi connectivity index (χ1) is 12.2. The predicted octanol–water partition coefficient (Wildman–Crippen LogP) is 2.61. The van der Waals surface area contributed by atoms with Crippen LogP contribution < -0.4 is 5.73 Å². The summed E-state index contributed by atoms with van der Waals surface area (Å²) in [5.41, 5.74) is 8.13. The van der Waals surface area contributed by atoms with Crippen LogP contribution in [0.4, 0.5) is 5.82 Å². The lowest BCUT2D eigenvalue weighted by Crippen LogP contribution is -2.09. The summed E-state index contributed by atoms with van der Waals surface area (Å²) in [6.45, 7) is 0.177. The summed E-state index contributed by atoms with van der Waals surface area (Å²) in [7, 11) is 0. The zero-order valence-electron chi connectivity index (χ0n) is 13.4. The van der Waals surface area contributed by atoms with E-state index in [0.29, 0.717) is 5.69 Å². The van der Waals surface area contributed by atoms with Gasteiger partial charge in [-0.05, 0) is 17.7 Å². The molecule has 0 atom stereocenters. The Morgan fingerprint density at radius 1 is 1.12 bits per heavy atom. The van der Waals surface area contributed by atoms with Gasteiger partial charge in [-0.3, -0.25) is 4.79 Å². The lowest BCUT2D eigenvalue weighted by Gasteiger charge is -2.04. The number of benzene rings is 2. The van der Waals surface area contributed by atoms with Crippen LogP contribution >= 0.6 is 0 Å². The molecule has 0 amide bonds. The molecule has 0 aliphatic rings. The first kappa shape index (κ1) is 16.3. The molecule has 1 aromatic heterocycles. The number of nitriles is 1. The van der Waals surface area contributed by atoms with E-state index in [1.54, 1.807) is 0 Å². The van der Waals surface area contributed by atoms with Gasteiger partial charge in [0.05, 0.1) is 17.8 Å². The lowest BCUT2D eigenvalue weighted by atomic mass is 10.2. The number of rotatable bonds is 5. The average Bonchev–Trinajstić information content (AvgIpc) is 2.97. The summed E-state index contributed by atoms with van der Waals surface area (Å²) in [4.78, 5) is 12.1. The van der Waals surface area contributed by atoms with Crippen LogP contribution in [0.25, 0.3) is 5.69 Å². The Hall–Kier alpha value is -3.59. The molecule has 0 aliphatic heterocycles. The minimum atomic E-state index is -0.460. The van der Waals surface area contributed by atoms with Crippen LogP contribution in [-0.4, -0.2) is 15.7 Å². The second kappa shape index (κ2) is 7.32. The van der Waals surface area contributed by atoms with Crippen molar-refractivity contribution in [1.82, 2.24) is 9.78 Å². The molecule has 0 radical (unpaired) electrons. The number of carbonyl (C=O) groups excluding carboxylic acids is 1. The molecule has 0 spiro atoms. The van der Waals surface area contributed by atoms with Crippen LogP contribution in [0.5, 0.6) is 0 Å². The van der Waals surface area contributed by atoms with Crippen molar-refractivity contribution in [3.8, 4) is 11.8 Å². The number of para-hydroxylation sites is 1. The molecule has 2 N–H and O–H groups in total. The zero-order valence-corrected chi connectivity index (χ0v) is 13.4. The molecule has 2 aromatic carbocycles. The second-order valence-corrected chi connectivity index (χ2v) is 5.39. The van der Waals surface area contributed by atoms with E-state index in [1.165, 1.54) is 4.68 Å². The molecular formula is C19H16N4O2. The van der Waals surface area contributed by atoms with E-state index in [2.05, 4.69) is 5.10 Å². The summed E-state index contributed by atoms with van der Waals surface area (Å²) in [5, 5.41) is 13.7. The summed E-state index contributed by atoms with van der Waals surface area (Å²) >= 11 is 0. The first-order valence-corrected chi connectivity index (χ1v) is 7.71. The van der Waals surface area contributed by atoms with Crippen LogP contribution in [0.15, 0.2) is 60.7 Å². The van der Waals surface area contributed by atoms with Crippen molar-refractivity contribution < 1.29 is 9.53 Å². The topological polar surface area (TPSA) is 93.9 Å². The van der Waals surface area contributed by atoms with Gasteiger partial charge < -0.3 is 10.5 Å². The number of nitrogens with two attached hydrogens (primary N) is 1. The molecule has 0 fully saturated rings. The van der Waals surface area contributed by atoms with Gasteiger partial charge in [0.2, 0.25) is 0 Å². The van der Waals surface area contributed by atoms with Crippen molar-refractivity contribution in [2.75, 3.05) is 5.73 Å². The van der Waals surface area contributed by atoms with E-state index in [4.69, 9.17) is 10.5 Å². The molecule has 6 heteroatoms. The maximum absolute atomic E-state index is 12.1. The van der Waals surface area contributed by atoms with Crippen LogP contribution in [0.1, 0.15) is 16.8 Å². The van der Waals surface area contributed by atoms with Crippen molar-refractivity contribution in [3.63, 3.8) is 0 Å². The number of nitrogens with zero attached hydrogens (tertiary/aromatic N) is 3. The van der Waals surface area contributed by atoms with E-state index in [0.717, 1.165) is 11.3 Å². The molecule has 0 aliphatic carbocycles. The number of aromatic nitrogens is 2. The summed E-state index contributed by atoms with van der Waals surface area (Å²) < 4.78 is 6.70. The molecule has 6 nitrogen and oxygen atoms in total. The molecule has 1 heterocycles. The number of hydrogen-bond donors (Lipinski definition) is 1. The van der Waals surface area contributed by atoms with Gasteiger partial charge in [-0.1, -0.05) is 48.5 Å². The Morgan fingerprint density at radius 3 is 2.40 bits per heavy atom. The molecule has 124 valence electrons. The molecule has 0 saturated carbocycles. The Labute approximate surface area is 145 Å². The fraction of sp³-hybridized carbons (Fsp3) is 0.105. The third-order valence-corrected chi connectivity index (χ3v) is 3.66. The number of ether oxygens (including phenoxy) is 1. The van der Waals surface area contributed by atoms with Crippen molar-refractivity contribution in [1.29, 1.82) is 5.26 Å². The Bertz CT molecular complexity index is 912. The van der Waals surface area contributed by atoms with Crippen molar-refractivity contribution in [3.05, 3.63) is 77.5 Å². The molecular weight excluding hydrogens is 316 g/mol. The van der Waals surface area contributed by atoms with Crippen molar-refractivity contribution in [2.45, 2.75) is 13.0 Å². The van der Waals surface area contributed by atoms with Gasteiger partial charge in [0.25, 0.3) is 0 Å². The van der Waals surface area contributed by atoms with E-state index in [1.807, 2.05) is 66.7 Å². The maximum atomic E-state index is 12.1. The normalized spacial score (nSPS) is 10.2. The number of nitrogen functional groups attached to an aromatic ring is 1. The van der Waals surface area contributed by atoms with Crippen LogP contribution in [0.3, 0.4) is 0 Å². The highest BCUT2D eigenvalue weighted by molar-refractivity contribution is 5.74. The van der Waals surface area contributed by atoms with Gasteiger partial charge in [0, 0.05) is 0 Å².